The second-order valence-corrected chi connectivity index (χ2v) is 10.2. The summed E-state index contributed by atoms with van der Waals surface area (Å²) in [6.45, 7) is 4.52. The van der Waals surface area contributed by atoms with Crippen molar-refractivity contribution < 1.29 is 24.2 Å². The molecule has 2 aromatic heterocycles. The number of urea groups is 1. The number of carbonyl (C=O) groups excluding carboxylic acids is 1. The van der Waals surface area contributed by atoms with E-state index < -0.39 is 28.8 Å². The number of rotatable bonds is 6. The normalized spacial score (nSPS) is 14.5. The van der Waals surface area contributed by atoms with Gasteiger partial charge >= 0.3 is 12.0 Å². The van der Waals surface area contributed by atoms with Gasteiger partial charge in [-0.05, 0) is 37.3 Å². The molecule has 12 nitrogen and oxygen atoms in total. The van der Waals surface area contributed by atoms with Crippen molar-refractivity contribution in [3.05, 3.63) is 62.6 Å². The molecule has 0 bridgehead atoms. The Morgan fingerprint density at radius 3 is 2.48 bits per heavy atom. The number of primary amides is 1. The summed E-state index contributed by atoms with van der Waals surface area (Å²) in [4.78, 5) is 39.2. The van der Waals surface area contributed by atoms with Gasteiger partial charge in [-0.3, -0.25) is 14.3 Å². The van der Waals surface area contributed by atoms with E-state index in [4.69, 9.17) is 5.73 Å². The minimum Gasteiger partial charge on any atom is -0.493 e. The van der Waals surface area contributed by atoms with Crippen LogP contribution in [0.25, 0.3) is 21.8 Å². The van der Waals surface area contributed by atoms with E-state index in [1.54, 1.807) is 21.3 Å². The number of piperazine rings is 1. The largest absolute Gasteiger partial charge is 0.493 e. The first-order valence-corrected chi connectivity index (χ1v) is 13.2. The molecule has 1 aliphatic heterocycles. The molecule has 14 heteroatoms. The lowest BCUT2D eigenvalue weighted by Gasteiger charge is -2.36. The highest BCUT2D eigenvalue weighted by Gasteiger charge is 2.25. The number of amides is 2. The summed E-state index contributed by atoms with van der Waals surface area (Å²) in [5.41, 5.74) is 5.56. The summed E-state index contributed by atoms with van der Waals surface area (Å²) in [5, 5.41) is 28.1. The first kappa shape index (κ1) is 27.3. The number of nitrogens with zero attached hydrogens (tertiary/aromatic N) is 6. The standard InChI is InChI=1S/C26H25BrFN7O5/c1-2-33-12-17(25(38)39)23(36)16-10-18(28)21(11-20(16)33)34-7-5-32(6-8-34)13-35-19-4-3-14(27)9-15(19)22(24(35)37)30-31-26(29)40/h3-4,9-12,37H,2,5-8,13H2,1H3,(H2,29,40)(H,38,39). The first-order valence-electron chi connectivity index (χ1n) is 12.4. The Kier molecular flexibility index (Phi) is 7.29. The van der Waals surface area contributed by atoms with Crippen molar-refractivity contribution in [1.29, 1.82) is 0 Å². The summed E-state index contributed by atoms with van der Waals surface area (Å²) in [6.07, 6.45) is 1.29. The van der Waals surface area contributed by atoms with E-state index >= 15 is 4.39 Å². The van der Waals surface area contributed by atoms with E-state index in [0.717, 1.165) is 10.5 Å². The Labute approximate surface area is 234 Å². The lowest BCUT2D eigenvalue weighted by atomic mass is 10.1. The third-order valence-electron chi connectivity index (χ3n) is 6.99. The molecule has 0 spiro atoms. The van der Waals surface area contributed by atoms with Gasteiger partial charge in [0.15, 0.2) is 5.69 Å². The zero-order valence-corrected chi connectivity index (χ0v) is 22.9. The number of azo groups is 1. The fourth-order valence-corrected chi connectivity index (χ4v) is 5.38. The topological polar surface area (TPSA) is 159 Å². The Balaban J connectivity index is 1.40. The molecule has 0 atom stereocenters. The SMILES string of the molecule is CCn1cc(C(=O)O)c(=O)c2cc(F)c(N3CCN(Cn4c(O)c(N=NC(N)=O)c5cc(Br)ccc54)CC3)cc21. The number of nitrogens with two attached hydrogens (primary N) is 1. The highest BCUT2D eigenvalue weighted by atomic mass is 79.9. The molecule has 0 unspecified atom stereocenters. The number of aromatic carboxylic acids is 1. The van der Waals surface area contributed by atoms with Gasteiger partial charge in [-0.15, -0.1) is 5.11 Å². The number of carboxylic acids is 1. The number of carbonyl (C=O) groups is 2. The van der Waals surface area contributed by atoms with Gasteiger partial charge in [0, 0.05) is 54.2 Å². The smallest absolute Gasteiger partial charge is 0.356 e. The molecule has 4 N–H and O–H groups in total. The molecule has 208 valence electrons. The van der Waals surface area contributed by atoms with Crippen LogP contribution in [0.2, 0.25) is 0 Å². The molecule has 1 fully saturated rings. The Hall–Kier alpha value is -4.30. The fraction of sp³-hybridized carbons (Fsp3) is 0.269. The number of halogens is 2. The number of aromatic hydroxyl groups is 1. The zero-order valence-electron chi connectivity index (χ0n) is 21.3. The zero-order chi connectivity index (χ0) is 28.7. The van der Waals surface area contributed by atoms with Gasteiger partial charge in [-0.25, -0.2) is 14.0 Å². The van der Waals surface area contributed by atoms with Crippen LogP contribution in [0, 0.1) is 5.82 Å². The minimum atomic E-state index is -1.35. The number of aryl methyl sites for hydroxylation is 1. The maximum Gasteiger partial charge on any atom is 0.356 e. The van der Waals surface area contributed by atoms with Gasteiger partial charge in [0.1, 0.15) is 11.4 Å². The summed E-state index contributed by atoms with van der Waals surface area (Å²) in [7, 11) is 0. The number of anilines is 1. The summed E-state index contributed by atoms with van der Waals surface area (Å²) < 4.78 is 19.3. The van der Waals surface area contributed by atoms with Crippen molar-refractivity contribution in [1.82, 2.24) is 14.0 Å². The molecule has 1 aliphatic rings. The third kappa shape index (κ3) is 4.91. The van der Waals surface area contributed by atoms with Crippen LogP contribution in [0.15, 0.2) is 56.0 Å². The summed E-state index contributed by atoms with van der Waals surface area (Å²) in [6, 6.07) is 7.12. The van der Waals surface area contributed by atoms with Crippen molar-refractivity contribution in [2.24, 2.45) is 16.0 Å². The van der Waals surface area contributed by atoms with Crippen LogP contribution in [0.5, 0.6) is 5.88 Å². The highest BCUT2D eigenvalue weighted by molar-refractivity contribution is 9.10. The maximum atomic E-state index is 15.2. The highest BCUT2D eigenvalue weighted by Crippen LogP contribution is 2.40. The van der Waals surface area contributed by atoms with Crippen molar-refractivity contribution in [3.8, 4) is 5.88 Å². The van der Waals surface area contributed by atoms with Crippen molar-refractivity contribution in [2.75, 3.05) is 31.1 Å². The van der Waals surface area contributed by atoms with Crippen molar-refractivity contribution in [2.45, 2.75) is 20.1 Å². The second-order valence-electron chi connectivity index (χ2n) is 9.33. The predicted octanol–water partition coefficient (Wildman–Crippen LogP) is 4.22. The predicted molar refractivity (Wildman–Crippen MR) is 150 cm³/mol. The van der Waals surface area contributed by atoms with Crippen LogP contribution in [0.4, 0.5) is 20.6 Å². The number of aromatic nitrogens is 2. The number of carboxylic acid groups (broad SMARTS) is 1. The number of pyridine rings is 1. The van der Waals surface area contributed by atoms with Crippen LogP contribution >= 0.6 is 15.9 Å². The molecule has 4 aromatic rings. The second kappa shape index (κ2) is 10.7. The van der Waals surface area contributed by atoms with Crippen LogP contribution < -0.4 is 16.1 Å². The third-order valence-corrected chi connectivity index (χ3v) is 7.49. The van der Waals surface area contributed by atoms with Crippen molar-refractivity contribution in [3.63, 3.8) is 0 Å². The van der Waals surface area contributed by atoms with Crippen LogP contribution in [-0.4, -0.2) is 62.4 Å². The summed E-state index contributed by atoms with van der Waals surface area (Å²) >= 11 is 3.40. The lowest BCUT2D eigenvalue weighted by molar-refractivity contribution is 0.0694. The molecule has 2 amide bonds. The quantitative estimate of drug-likeness (QED) is 0.274. The van der Waals surface area contributed by atoms with Crippen LogP contribution in [0.3, 0.4) is 0 Å². The number of fused-ring (bicyclic) bond motifs is 2. The fourth-order valence-electron chi connectivity index (χ4n) is 5.02. The molecule has 0 saturated carbocycles. The van der Waals surface area contributed by atoms with E-state index in [1.807, 2.05) is 24.0 Å². The van der Waals surface area contributed by atoms with Gasteiger partial charge in [-0.1, -0.05) is 21.0 Å². The van der Waals surface area contributed by atoms with E-state index in [2.05, 4.69) is 31.1 Å². The van der Waals surface area contributed by atoms with Gasteiger partial charge in [-0.2, -0.15) is 0 Å². The van der Waals surface area contributed by atoms with Gasteiger partial charge in [0.2, 0.25) is 11.3 Å². The minimum absolute atomic E-state index is 0.0209. The molecule has 0 radical (unpaired) electrons. The van der Waals surface area contributed by atoms with Gasteiger partial charge in [0.25, 0.3) is 0 Å². The average molecular weight is 614 g/mol. The molecule has 5 rings (SSSR count). The molecular weight excluding hydrogens is 589 g/mol. The monoisotopic (exact) mass is 613 g/mol. The van der Waals surface area contributed by atoms with E-state index in [-0.39, 0.29) is 17.0 Å². The summed E-state index contributed by atoms with van der Waals surface area (Å²) in [5.74, 6) is -2.13. The molecular formula is C26H25BrFN7O5. The van der Waals surface area contributed by atoms with Gasteiger partial charge < -0.3 is 25.4 Å². The first-order chi connectivity index (χ1) is 19.1. The van der Waals surface area contributed by atoms with E-state index in [1.165, 1.54) is 6.20 Å². The molecule has 1 saturated heterocycles. The molecule has 3 heterocycles. The number of benzene rings is 2. The van der Waals surface area contributed by atoms with Crippen LogP contribution in [0.1, 0.15) is 17.3 Å². The van der Waals surface area contributed by atoms with Gasteiger partial charge in [0.05, 0.1) is 23.4 Å². The molecule has 40 heavy (non-hydrogen) atoms. The maximum absolute atomic E-state index is 15.2. The van der Waals surface area contributed by atoms with Crippen molar-refractivity contribution >= 4 is 61.1 Å². The van der Waals surface area contributed by atoms with E-state index in [0.29, 0.717) is 61.5 Å². The number of hydrogen-bond acceptors (Lipinski definition) is 7. The molecule has 0 aliphatic carbocycles. The Morgan fingerprint density at radius 2 is 1.82 bits per heavy atom. The van der Waals surface area contributed by atoms with E-state index in [9.17, 15) is 24.6 Å². The lowest BCUT2D eigenvalue weighted by Crippen LogP contribution is -2.47. The number of hydrogen-bond donors (Lipinski definition) is 3. The Bertz CT molecular complexity index is 1760. The van der Waals surface area contributed by atoms with Crippen LogP contribution in [-0.2, 0) is 13.2 Å². The molecule has 2 aromatic carbocycles. The Morgan fingerprint density at radius 1 is 1.10 bits per heavy atom. The average Bonchev–Trinajstić information content (AvgIpc) is 3.17.